The molecule has 1 atom stereocenters. The Kier molecular flexibility index (Phi) is 5.56. The molecule has 6 heteroatoms. The highest BCUT2D eigenvalue weighted by atomic mass is 32.1. The van der Waals surface area contributed by atoms with Crippen molar-refractivity contribution >= 4 is 28.8 Å². The molecule has 1 N–H and O–H groups in total. The third-order valence-electron chi connectivity index (χ3n) is 4.31. The van der Waals surface area contributed by atoms with Crippen molar-refractivity contribution in [2.75, 3.05) is 5.32 Å². The molecule has 1 aliphatic rings. The standard InChI is InChI=1S/C19H19N3O2S/c20-12-14(19(24)22-17-9-5-6-10-21-17)18(23)16-11-13-7-3-1-2-4-8-15(13)25-16/h5-6,9-11,14H,1-4,7-8H2,(H,21,22,24)/t14-/m1/s1. The Labute approximate surface area is 150 Å². The van der Waals surface area contributed by atoms with Crippen molar-refractivity contribution in [2.24, 2.45) is 5.92 Å². The van der Waals surface area contributed by atoms with Crippen LogP contribution in [0.1, 0.15) is 45.8 Å². The van der Waals surface area contributed by atoms with Crippen LogP contribution < -0.4 is 5.32 Å². The third kappa shape index (κ3) is 4.12. The van der Waals surface area contributed by atoms with Gasteiger partial charge in [-0.2, -0.15) is 5.26 Å². The van der Waals surface area contributed by atoms with Crippen LogP contribution in [0.25, 0.3) is 0 Å². The number of ketones is 1. The van der Waals surface area contributed by atoms with Crippen molar-refractivity contribution < 1.29 is 9.59 Å². The van der Waals surface area contributed by atoms with Crippen molar-refractivity contribution in [1.29, 1.82) is 5.26 Å². The molecule has 0 aromatic carbocycles. The quantitative estimate of drug-likeness (QED) is 0.670. The first-order valence-electron chi connectivity index (χ1n) is 8.46. The molecule has 0 saturated carbocycles. The molecule has 0 fully saturated rings. The number of hydrogen-bond acceptors (Lipinski definition) is 5. The van der Waals surface area contributed by atoms with Crippen LogP contribution in [0.15, 0.2) is 30.5 Å². The Bertz CT molecular complexity index is 782. The van der Waals surface area contributed by atoms with Gasteiger partial charge in [-0.05, 0) is 49.4 Å². The van der Waals surface area contributed by atoms with Crippen molar-refractivity contribution in [3.63, 3.8) is 0 Å². The lowest BCUT2D eigenvalue weighted by molar-refractivity contribution is -0.117. The Morgan fingerprint density at radius 1 is 1.20 bits per heavy atom. The Morgan fingerprint density at radius 3 is 2.72 bits per heavy atom. The van der Waals surface area contributed by atoms with Crippen LogP contribution in [0.5, 0.6) is 0 Å². The highest BCUT2D eigenvalue weighted by Gasteiger charge is 2.30. The summed E-state index contributed by atoms with van der Waals surface area (Å²) in [4.78, 5) is 30.8. The summed E-state index contributed by atoms with van der Waals surface area (Å²) in [6.45, 7) is 0. The molecule has 0 aliphatic heterocycles. The number of carbonyl (C=O) groups excluding carboxylic acids is 2. The van der Waals surface area contributed by atoms with E-state index in [0.717, 1.165) is 25.7 Å². The fraction of sp³-hybridized carbons (Fsp3) is 0.368. The molecular formula is C19H19N3O2S. The highest BCUT2D eigenvalue weighted by Crippen LogP contribution is 2.30. The number of anilines is 1. The number of amides is 1. The molecule has 1 aliphatic carbocycles. The van der Waals surface area contributed by atoms with Crippen LogP contribution in [0.4, 0.5) is 5.82 Å². The first kappa shape index (κ1) is 17.3. The molecule has 2 heterocycles. The van der Waals surface area contributed by atoms with Crippen LogP contribution >= 0.6 is 11.3 Å². The lowest BCUT2D eigenvalue weighted by Crippen LogP contribution is -2.28. The number of pyridine rings is 1. The van der Waals surface area contributed by atoms with Gasteiger partial charge in [0.15, 0.2) is 11.7 Å². The minimum Gasteiger partial charge on any atom is -0.309 e. The molecule has 1 amide bonds. The fourth-order valence-electron chi connectivity index (χ4n) is 2.98. The second-order valence-electron chi connectivity index (χ2n) is 6.10. The predicted octanol–water partition coefficient (Wildman–Crippen LogP) is 3.76. The van der Waals surface area contributed by atoms with Gasteiger partial charge in [0.2, 0.25) is 0 Å². The first-order valence-corrected chi connectivity index (χ1v) is 9.28. The summed E-state index contributed by atoms with van der Waals surface area (Å²) >= 11 is 1.44. The van der Waals surface area contributed by atoms with Crippen LogP contribution in [0, 0.1) is 17.2 Å². The van der Waals surface area contributed by atoms with Crippen LogP contribution in [-0.4, -0.2) is 16.7 Å². The summed E-state index contributed by atoms with van der Waals surface area (Å²) in [5, 5.41) is 11.9. The second-order valence-corrected chi connectivity index (χ2v) is 7.24. The molecule has 25 heavy (non-hydrogen) atoms. The summed E-state index contributed by atoms with van der Waals surface area (Å²) in [6, 6.07) is 8.80. The van der Waals surface area contributed by atoms with Gasteiger partial charge in [-0.15, -0.1) is 11.3 Å². The van der Waals surface area contributed by atoms with Crippen molar-refractivity contribution in [1.82, 2.24) is 4.98 Å². The Morgan fingerprint density at radius 2 is 2.00 bits per heavy atom. The zero-order chi connectivity index (χ0) is 17.6. The molecule has 0 unspecified atom stereocenters. The van der Waals surface area contributed by atoms with Crippen molar-refractivity contribution in [3.8, 4) is 6.07 Å². The number of fused-ring (bicyclic) bond motifs is 1. The number of aryl methyl sites for hydroxylation is 2. The smallest absolute Gasteiger partial charge is 0.250 e. The van der Waals surface area contributed by atoms with Gasteiger partial charge in [0, 0.05) is 11.1 Å². The second kappa shape index (κ2) is 8.04. The highest BCUT2D eigenvalue weighted by molar-refractivity contribution is 7.14. The number of thiophene rings is 1. The molecular weight excluding hydrogens is 334 g/mol. The van der Waals surface area contributed by atoms with Gasteiger partial charge in [0.1, 0.15) is 5.82 Å². The summed E-state index contributed by atoms with van der Waals surface area (Å²) < 4.78 is 0. The van der Waals surface area contributed by atoms with E-state index in [4.69, 9.17) is 0 Å². The van der Waals surface area contributed by atoms with E-state index < -0.39 is 17.6 Å². The molecule has 0 saturated heterocycles. The topological polar surface area (TPSA) is 82.8 Å². The van der Waals surface area contributed by atoms with Crippen molar-refractivity contribution in [2.45, 2.75) is 38.5 Å². The Hall–Kier alpha value is -2.52. The Balaban J connectivity index is 1.77. The maximum atomic E-state index is 12.7. The van der Waals surface area contributed by atoms with Gasteiger partial charge in [0.25, 0.3) is 5.91 Å². The lowest BCUT2D eigenvalue weighted by atomic mass is 9.98. The number of hydrogen-bond donors (Lipinski definition) is 1. The molecule has 0 radical (unpaired) electrons. The predicted molar refractivity (Wildman–Crippen MR) is 96.5 cm³/mol. The van der Waals surface area contributed by atoms with Gasteiger partial charge >= 0.3 is 0 Å². The molecule has 128 valence electrons. The van der Waals surface area contributed by atoms with E-state index in [0.29, 0.717) is 10.7 Å². The van der Waals surface area contributed by atoms with Crippen LogP contribution in [-0.2, 0) is 17.6 Å². The van der Waals surface area contributed by atoms with Gasteiger partial charge in [-0.1, -0.05) is 18.9 Å². The number of Topliss-reactive ketones (excluding diaryl/α,β-unsaturated/α-hetero) is 1. The summed E-state index contributed by atoms with van der Waals surface area (Å²) in [5.41, 5.74) is 1.20. The first-order chi connectivity index (χ1) is 12.2. The van der Waals surface area contributed by atoms with E-state index in [1.165, 1.54) is 40.8 Å². The van der Waals surface area contributed by atoms with E-state index in [-0.39, 0.29) is 0 Å². The average Bonchev–Trinajstić information content (AvgIpc) is 2.98. The number of nitrogens with one attached hydrogen (secondary N) is 1. The number of nitrogens with zero attached hydrogens (tertiary/aromatic N) is 2. The molecule has 2 aromatic heterocycles. The van der Waals surface area contributed by atoms with E-state index in [2.05, 4.69) is 10.3 Å². The number of rotatable bonds is 4. The maximum absolute atomic E-state index is 12.7. The van der Waals surface area contributed by atoms with E-state index >= 15 is 0 Å². The number of aromatic nitrogens is 1. The maximum Gasteiger partial charge on any atom is 0.250 e. The lowest BCUT2D eigenvalue weighted by Gasteiger charge is -2.07. The normalized spacial score (nSPS) is 15.2. The summed E-state index contributed by atoms with van der Waals surface area (Å²) in [7, 11) is 0. The van der Waals surface area contributed by atoms with E-state index in [1.807, 2.05) is 12.1 Å². The molecule has 0 spiro atoms. The molecule has 5 nitrogen and oxygen atoms in total. The number of nitriles is 1. The summed E-state index contributed by atoms with van der Waals surface area (Å²) in [6.07, 6.45) is 8.17. The zero-order valence-corrected chi connectivity index (χ0v) is 14.6. The van der Waals surface area contributed by atoms with E-state index in [1.54, 1.807) is 18.2 Å². The monoisotopic (exact) mass is 353 g/mol. The van der Waals surface area contributed by atoms with Gasteiger partial charge in [0.05, 0.1) is 10.9 Å². The van der Waals surface area contributed by atoms with Gasteiger partial charge in [-0.25, -0.2) is 4.98 Å². The largest absolute Gasteiger partial charge is 0.309 e. The van der Waals surface area contributed by atoms with Gasteiger partial charge in [-0.3, -0.25) is 9.59 Å². The van der Waals surface area contributed by atoms with Crippen LogP contribution in [0.2, 0.25) is 0 Å². The zero-order valence-electron chi connectivity index (χ0n) is 13.8. The molecule has 2 aromatic rings. The molecule has 0 bridgehead atoms. The van der Waals surface area contributed by atoms with Crippen LogP contribution in [0.3, 0.4) is 0 Å². The average molecular weight is 353 g/mol. The fourth-order valence-corrected chi connectivity index (χ4v) is 4.20. The molecule has 3 rings (SSSR count). The third-order valence-corrected chi connectivity index (χ3v) is 5.56. The minimum absolute atomic E-state index is 0.332. The van der Waals surface area contributed by atoms with E-state index in [9.17, 15) is 14.9 Å². The SMILES string of the molecule is N#C[C@@H](C(=O)Nc1ccccn1)C(=O)c1cc2c(s1)CCCCCC2. The minimum atomic E-state index is -1.36. The number of carbonyl (C=O) groups is 2. The van der Waals surface area contributed by atoms with Crippen molar-refractivity contribution in [3.05, 3.63) is 45.8 Å². The van der Waals surface area contributed by atoms with Gasteiger partial charge < -0.3 is 5.32 Å². The summed E-state index contributed by atoms with van der Waals surface area (Å²) in [5.74, 6) is -2.08.